The van der Waals surface area contributed by atoms with Crippen molar-refractivity contribution in [2.24, 2.45) is 0 Å². The summed E-state index contributed by atoms with van der Waals surface area (Å²) >= 11 is 12.9. The van der Waals surface area contributed by atoms with Gasteiger partial charge in [-0.25, -0.2) is 4.79 Å². The van der Waals surface area contributed by atoms with E-state index < -0.39 is 11.7 Å². The van der Waals surface area contributed by atoms with Crippen molar-refractivity contribution in [1.82, 2.24) is 15.1 Å². The van der Waals surface area contributed by atoms with Crippen molar-refractivity contribution in [2.45, 2.75) is 45.4 Å². The number of hydrogen-bond acceptors (Lipinski definition) is 7. The minimum atomic E-state index is -0.522. The van der Waals surface area contributed by atoms with E-state index in [1.807, 2.05) is 37.8 Å². The largest absolute Gasteiger partial charge is 0.444 e. The van der Waals surface area contributed by atoms with Gasteiger partial charge in [0, 0.05) is 54.3 Å². The van der Waals surface area contributed by atoms with Gasteiger partial charge in [0.1, 0.15) is 5.60 Å². The second-order valence-electron chi connectivity index (χ2n) is 11.6. The first-order chi connectivity index (χ1) is 20.0. The standard InChI is InChI=1S/C31H41Cl2N3O6/c1-31(2,3)42-30(38)34-7-9-39-11-13-41-14-12-40-10-8-36-18-22-6-5-21(15-24(22)29(36)37)26-19-35(4)20-27-25(26)16-23(32)17-28(27)33/h5-6,15-17,26H,7-14,18-20H2,1-4H3,(H,34,38). The molecule has 2 aliphatic rings. The Morgan fingerprint density at radius 3 is 2.38 bits per heavy atom. The number of carbonyl (C=O) groups excluding carboxylic acids is 2. The first-order valence-corrected chi connectivity index (χ1v) is 15.1. The van der Waals surface area contributed by atoms with E-state index in [0.29, 0.717) is 69.3 Å². The molecule has 11 heteroatoms. The normalized spacial score (nSPS) is 16.9. The molecule has 0 saturated heterocycles. The zero-order valence-corrected chi connectivity index (χ0v) is 26.4. The zero-order valence-electron chi connectivity index (χ0n) is 24.8. The number of amides is 2. The van der Waals surface area contributed by atoms with Gasteiger partial charge < -0.3 is 34.1 Å². The Labute approximate surface area is 258 Å². The average molecular weight is 623 g/mol. The van der Waals surface area contributed by atoms with E-state index in [4.69, 9.17) is 42.1 Å². The maximum Gasteiger partial charge on any atom is 0.407 e. The lowest BCUT2D eigenvalue weighted by atomic mass is 9.84. The van der Waals surface area contributed by atoms with Crippen LogP contribution in [0.5, 0.6) is 0 Å². The van der Waals surface area contributed by atoms with Crippen molar-refractivity contribution in [3.8, 4) is 0 Å². The summed E-state index contributed by atoms with van der Waals surface area (Å²) in [6.07, 6.45) is -0.459. The van der Waals surface area contributed by atoms with Gasteiger partial charge in [-0.05, 0) is 68.3 Å². The minimum absolute atomic E-state index is 0.0264. The topological polar surface area (TPSA) is 89.6 Å². The second-order valence-corrected chi connectivity index (χ2v) is 12.5. The lowest BCUT2D eigenvalue weighted by molar-refractivity contribution is 0.0105. The van der Waals surface area contributed by atoms with Crippen molar-refractivity contribution < 1.29 is 28.5 Å². The molecule has 2 aromatic carbocycles. The maximum atomic E-state index is 13.2. The molecular formula is C31H41Cl2N3O6. The SMILES string of the molecule is CN1Cc2c(Cl)cc(Cl)cc2C(c2ccc3c(c2)C(=O)N(CCOCCOCCOCCNC(=O)OC(C)(C)C)C3)C1. The summed E-state index contributed by atoms with van der Waals surface area (Å²) in [7, 11) is 2.08. The van der Waals surface area contributed by atoms with Crippen LogP contribution in [0.15, 0.2) is 30.3 Å². The molecule has 230 valence electrons. The van der Waals surface area contributed by atoms with Gasteiger partial charge in [0.2, 0.25) is 0 Å². The van der Waals surface area contributed by atoms with Crippen LogP contribution in [0.2, 0.25) is 10.0 Å². The molecule has 1 unspecified atom stereocenters. The van der Waals surface area contributed by atoms with Crippen molar-refractivity contribution in [1.29, 1.82) is 0 Å². The van der Waals surface area contributed by atoms with E-state index in [0.717, 1.165) is 40.9 Å². The predicted molar refractivity (Wildman–Crippen MR) is 163 cm³/mol. The number of halogens is 2. The summed E-state index contributed by atoms with van der Waals surface area (Å²) in [6.45, 7) is 11.0. The summed E-state index contributed by atoms with van der Waals surface area (Å²) in [4.78, 5) is 28.8. The Morgan fingerprint density at radius 1 is 0.976 bits per heavy atom. The Kier molecular flexibility index (Phi) is 11.5. The summed E-state index contributed by atoms with van der Waals surface area (Å²) in [5.74, 6) is 0.114. The van der Waals surface area contributed by atoms with E-state index in [9.17, 15) is 9.59 Å². The maximum absolute atomic E-state index is 13.2. The lowest BCUT2D eigenvalue weighted by Gasteiger charge is -2.33. The molecule has 0 fully saturated rings. The molecule has 42 heavy (non-hydrogen) atoms. The number of carbonyl (C=O) groups is 2. The fourth-order valence-corrected chi connectivity index (χ4v) is 5.73. The van der Waals surface area contributed by atoms with Crippen LogP contribution in [0.1, 0.15) is 59.3 Å². The van der Waals surface area contributed by atoms with Crippen molar-refractivity contribution in [2.75, 3.05) is 66.3 Å². The Bertz CT molecular complexity index is 1250. The highest BCUT2D eigenvalue weighted by molar-refractivity contribution is 6.35. The number of rotatable bonds is 13. The fourth-order valence-electron chi connectivity index (χ4n) is 5.16. The molecule has 0 spiro atoms. The number of nitrogens with one attached hydrogen (secondary N) is 1. The smallest absolute Gasteiger partial charge is 0.407 e. The third kappa shape index (κ3) is 9.05. The molecule has 0 saturated carbocycles. The fraction of sp³-hybridized carbons (Fsp3) is 0.548. The molecule has 2 aliphatic heterocycles. The summed E-state index contributed by atoms with van der Waals surface area (Å²) in [6, 6.07) is 10.0. The molecule has 0 aliphatic carbocycles. The van der Waals surface area contributed by atoms with Crippen LogP contribution in [0.3, 0.4) is 0 Å². The van der Waals surface area contributed by atoms with Gasteiger partial charge in [0.05, 0.1) is 39.6 Å². The monoisotopic (exact) mass is 621 g/mol. The minimum Gasteiger partial charge on any atom is -0.444 e. The summed E-state index contributed by atoms with van der Waals surface area (Å²) < 4.78 is 21.8. The Hall–Kier alpha value is -2.40. The van der Waals surface area contributed by atoms with Gasteiger partial charge in [-0.1, -0.05) is 35.3 Å². The van der Waals surface area contributed by atoms with E-state index in [1.54, 1.807) is 6.07 Å². The van der Waals surface area contributed by atoms with Crippen LogP contribution in [-0.2, 0) is 32.0 Å². The highest BCUT2D eigenvalue weighted by Crippen LogP contribution is 2.39. The van der Waals surface area contributed by atoms with Gasteiger partial charge in [0.15, 0.2) is 0 Å². The van der Waals surface area contributed by atoms with E-state index in [1.165, 1.54) is 0 Å². The van der Waals surface area contributed by atoms with Crippen LogP contribution in [0.4, 0.5) is 4.79 Å². The summed E-state index contributed by atoms with van der Waals surface area (Å²) in [5, 5.41) is 3.94. The quantitative estimate of drug-likeness (QED) is 0.311. The number of likely N-dealkylation sites (N-methyl/N-ethyl adjacent to an activating group) is 1. The molecule has 0 bridgehead atoms. The van der Waals surface area contributed by atoms with Crippen molar-refractivity contribution in [3.63, 3.8) is 0 Å². The molecule has 2 amide bonds. The first kappa shape index (κ1) is 32.5. The highest BCUT2D eigenvalue weighted by Gasteiger charge is 2.31. The number of benzene rings is 2. The highest BCUT2D eigenvalue weighted by atomic mass is 35.5. The van der Waals surface area contributed by atoms with E-state index >= 15 is 0 Å². The lowest BCUT2D eigenvalue weighted by Crippen LogP contribution is -2.34. The molecule has 0 aromatic heterocycles. The van der Waals surface area contributed by atoms with Crippen molar-refractivity contribution >= 4 is 35.2 Å². The van der Waals surface area contributed by atoms with Gasteiger partial charge >= 0.3 is 6.09 Å². The van der Waals surface area contributed by atoms with Crippen LogP contribution in [0.25, 0.3) is 0 Å². The summed E-state index contributed by atoms with van der Waals surface area (Å²) in [5.41, 5.74) is 4.57. The third-order valence-corrected chi connectivity index (χ3v) is 7.63. The predicted octanol–water partition coefficient (Wildman–Crippen LogP) is 5.10. The third-order valence-electron chi connectivity index (χ3n) is 7.07. The Balaban J connectivity index is 1.13. The van der Waals surface area contributed by atoms with Gasteiger partial charge in [-0.15, -0.1) is 0 Å². The van der Waals surface area contributed by atoms with Gasteiger partial charge in [0.25, 0.3) is 5.91 Å². The average Bonchev–Trinajstić information content (AvgIpc) is 3.23. The van der Waals surface area contributed by atoms with E-state index in [-0.39, 0.29) is 11.8 Å². The molecular weight excluding hydrogens is 581 g/mol. The molecule has 1 atom stereocenters. The second kappa shape index (κ2) is 14.9. The molecule has 2 heterocycles. The number of ether oxygens (including phenoxy) is 4. The number of fused-ring (bicyclic) bond motifs is 2. The molecule has 2 aromatic rings. The number of alkyl carbamates (subject to hydrolysis) is 1. The van der Waals surface area contributed by atoms with Gasteiger partial charge in [-0.2, -0.15) is 0 Å². The van der Waals surface area contributed by atoms with Crippen LogP contribution >= 0.6 is 23.2 Å². The molecule has 4 rings (SSSR count). The molecule has 9 nitrogen and oxygen atoms in total. The number of nitrogens with zero attached hydrogens (tertiary/aromatic N) is 2. The Morgan fingerprint density at radius 2 is 1.67 bits per heavy atom. The van der Waals surface area contributed by atoms with Crippen LogP contribution < -0.4 is 5.32 Å². The zero-order chi connectivity index (χ0) is 30.3. The van der Waals surface area contributed by atoms with Crippen molar-refractivity contribution in [3.05, 3.63) is 68.2 Å². The van der Waals surface area contributed by atoms with Crippen LogP contribution in [-0.4, -0.2) is 93.7 Å². The van der Waals surface area contributed by atoms with E-state index in [2.05, 4.69) is 29.4 Å². The molecule has 0 radical (unpaired) electrons. The van der Waals surface area contributed by atoms with Crippen LogP contribution in [0, 0.1) is 0 Å². The molecule has 1 N–H and O–H groups in total. The van der Waals surface area contributed by atoms with Gasteiger partial charge in [-0.3, -0.25) is 4.79 Å². The first-order valence-electron chi connectivity index (χ1n) is 14.3. The number of hydrogen-bond donors (Lipinski definition) is 1.